The number of nitrogens with zero attached hydrogens (tertiary/aromatic N) is 2. The molecule has 5 rings (SSSR count). The molecule has 3 aromatic rings. The van der Waals surface area contributed by atoms with E-state index in [0.717, 1.165) is 35.9 Å². The summed E-state index contributed by atoms with van der Waals surface area (Å²) in [6, 6.07) is 21.9. The lowest BCUT2D eigenvalue weighted by molar-refractivity contribution is -0.1000. The highest BCUT2D eigenvalue weighted by Crippen LogP contribution is 2.45. The number of hydrogen-bond donors (Lipinski definition) is 1. The second-order valence-electron chi connectivity index (χ2n) is 8.25. The van der Waals surface area contributed by atoms with Gasteiger partial charge in [0.05, 0.1) is 11.1 Å². The van der Waals surface area contributed by atoms with Crippen LogP contribution in [0.4, 0.5) is 0 Å². The summed E-state index contributed by atoms with van der Waals surface area (Å²) in [4.78, 5) is 7.25. The normalized spacial score (nSPS) is 28.3. The van der Waals surface area contributed by atoms with Gasteiger partial charge in [-0.2, -0.15) is 0 Å². The molecule has 2 fully saturated rings. The smallest absolute Gasteiger partial charge is 0.0941 e. The Balaban J connectivity index is 1.44. The van der Waals surface area contributed by atoms with Gasteiger partial charge in [-0.15, -0.1) is 0 Å². The van der Waals surface area contributed by atoms with Gasteiger partial charge in [-0.05, 0) is 43.4 Å². The van der Waals surface area contributed by atoms with Gasteiger partial charge in [0.15, 0.2) is 0 Å². The van der Waals surface area contributed by atoms with Crippen LogP contribution in [0, 0.1) is 0 Å². The molecule has 2 atom stereocenters. The molecule has 0 radical (unpaired) electrons. The lowest BCUT2D eigenvalue weighted by atomic mass is 9.72. The van der Waals surface area contributed by atoms with Crippen LogP contribution in [0.3, 0.4) is 0 Å². The molecule has 0 aliphatic carbocycles. The number of rotatable bonds is 3. The van der Waals surface area contributed by atoms with Crippen molar-refractivity contribution in [1.29, 1.82) is 0 Å². The Morgan fingerprint density at radius 2 is 1.67 bits per heavy atom. The maximum absolute atomic E-state index is 11.6. The minimum absolute atomic E-state index is 0.439. The number of hydrogen-bond acceptors (Lipinski definition) is 3. The van der Waals surface area contributed by atoms with Crippen molar-refractivity contribution in [3.8, 4) is 0 Å². The van der Waals surface area contributed by atoms with Crippen LogP contribution in [0.25, 0.3) is 10.9 Å². The summed E-state index contributed by atoms with van der Waals surface area (Å²) in [5.74, 6) is 0. The molecule has 1 N–H and O–H groups in total. The van der Waals surface area contributed by atoms with Gasteiger partial charge >= 0.3 is 0 Å². The highest BCUT2D eigenvalue weighted by Gasteiger charge is 2.46. The fourth-order valence-corrected chi connectivity index (χ4v) is 5.13. The largest absolute Gasteiger partial charge is 0.385 e. The van der Waals surface area contributed by atoms with Gasteiger partial charge in [-0.25, -0.2) is 0 Å². The summed E-state index contributed by atoms with van der Waals surface area (Å²) in [6.45, 7) is 0.988. The average molecular weight is 358 g/mol. The third kappa shape index (κ3) is 3.15. The predicted molar refractivity (Wildman–Crippen MR) is 108 cm³/mol. The average Bonchev–Trinajstić information content (AvgIpc) is 2.69. The summed E-state index contributed by atoms with van der Waals surface area (Å²) in [6.07, 6.45) is 7.11. The predicted octanol–water partition coefficient (Wildman–Crippen LogP) is 4.64. The van der Waals surface area contributed by atoms with Crippen LogP contribution in [0.15, 0.2) is 66.9 Å². The van der Waals surface area contributed by atoms with E-state index in [1.54, 1.807) is 0 Å². The molecule has 0 spiro atoms. The molecule has 2 bridgehead atoms. The number of pyridine rings is 1. The Labute approximate surface area is 160 Å². The monoisotopic (exact) mass is 358 g/mol. The maximum atomic E-state index is 11.6. The van der Waals surface area contributed by atoms with E-state index in [4.69, 9.17) is 0 Å². The molecule has 0 saturated carbocycles. The molecule has 3 heterocycles. The fraction of sp³-hybridized carbons (Fsp3) is 0.375. The first-order chi connectivity index (χ1) is 13.2. The van der Waals surface area contributed by atoms with E-state index in [1.165, 1.54) is 24.8 Å². The van der Waals surface area contributed by atoms with Crippen LogP contribution in [-0.2, 0) is 12.1 Å². The van der Waals surface area contributed by atoms with Gasteiger partial charge in [0.2, 0.25) is 0 Å². The van der Waals surface area contributed by atoms with Crippen molar-refractivity contribution in [2.75, 3.05) is 0 Å². The number of fused-ring (bicyclic) bond motifs is 3. The van der Waals surface area contributed by atoms with E-state index < -0.39 is 5.60 Å². The zero-order valence-corrected chi connectivity index (χ0v) is 15.6. The molecule has 0 amide bonds. The third-order valence-corrected chi connectivity index (χ3v) is 6.50. The summed E-state index contributed by atoms with van der Waals surface area (Å²) in [5.41, 5.74) is 2.58. The molecule has 2 saturated heterocycles. The standard InChI is InChI=1S/C24H26N2O/c27-24(20-13-19-9-4-5-12-23(19)25-16-20)14-21-10-6-11-22(15-24)26(21)17-18-7-2-1-3-8-18/h1-5,7-9,12-13,16,21-22,27H,6,10-11,14-15,17H2. The molecule has 2 aliphatic heterocycles. The third-order valence-electron chi connectivity index (χ3n) is 6.50. The van der Waals surface area contributed by atoms with Gasteiger partial charge in [0, 0.05) is 35.8 Å². The number of aliphatic hydroxyl groups is 1. The first kappa shape index (κ1) is 16.9. The van der Waals surface area contributed by atoms with Crippen LogP contribution in [0.1, 0.15) is 43.2 Å². The molecule has 138 valence electrons. The molecule has 2 aliphatic rings. The van der Waals surface area contributed by atoms with Crippen LogP contribution < -0.4 is 0 Å². The molecular weight excluding hydrogens is 332 g/mol. The Morgan fingerprint density at radius 1 is 0.963 bits per heavy atom. The molecule has 2 unspecified atom stereocenters. The van der Waals surface area contributed by atoms with E-state index in [-0.39, 0.29) is 0 Å². The van der Waals surface area contributed by atoms with Gasteiger partial charge in [-0.1, -0.05) is 55.0 Å². The van der Waals surface area contributed by atoms with Crippen molar-refractivity contribution in [1.82, 2.24) is 9.88 Å². The Kier molecular flexibility index (Phi) is 4.22. The van der Waals surface area contributed by atoms with Crippen molar-refractivity contribution in [2.24, 2.45) is 0 Å². The van der Waals surface area contributed by atoms with Gasteiger partial charge in [-0.3, -0.25) is 9.88 Å². The van der Waals surface area contributed by atoms with Crippen molar-refractivity contribution in [3.05, 3.63) is 78.0 Å². The van der Waals surface area contributed by atoms with Crippen LogP contribution in [-0.4, -0.2) is 27.1 Å². The van der Waals surface area contributed by atoms with E-state index in [2.05, 4.69) is 52.3 Å². The zero-order chi connectivity index (χ0) is 18.3. The minimum Gasteiger partial charge on any atom is -0.385 e. The van der Waals surface area contributed by atoms with Crippen molar-refractivity contribution < 1.29 is 5.11 Å². The molecule has 1 aromatic heterocycles. The van der Waals surface area contributed by atoms with E-state index >= 15 is 0 Å². The zero-order valence-electron chi connectivity index (χ0n) is 15.6. The van der Waals surface area contributed by atoms with Crippen LogP contribution >= 0.6 is 0 Å². The highest BCUT2D eigenvalue weighted by molar-refractivity contribution is 5.78. The SMILES string of the molecule is OC1(c2cnc3ccccc3c2)CC2CCCC(C1)N2Cc1ccccc1. The Hall–Kier alpha value is -2.23. The molecular formula is C24H26N2O. The number of piperidine rings is 2. The summed E-state index contributed by atoms with van der Waals surface area (Å²) < 4.78 is 0. The van der Waals surface area contributed by atoms with Gasteiger partial charge < -0.3 is 5.11 Å². The quantitative estimate of drug-likeness (QED) is 0.741. The number of aromatic nitrogens is 1. The molecule has 2 aromatic carbocycles. The molecule has 27 heavy (non-hydrogen) atoms. The van der Waals surface area contributed by atoms with E-state index in [0.29, 0.717) is 12.1 Å². The Bertz CT molecular complexity index is 925. The van der Waals surface area contributed by atoms with E-state index in [9.17, 15) is 5.11 Å². The lowest BCUT2D eigenvalue weighted by Crippen LogP contribution is -2.56. The van der Waals surface area contributed by atoms with Crippen LogP contribution in [0.5, 0.6) is 0 Å². The second kappa shape index (κ2) is 6.74. The number of benzene rings is 2. The lowest BCUT2D eigenvalue weighted by Gasteiger charge is -2.52. The summed E-state index contributed by atoms with van der Waals surface area (Å²) >= 11 is 0. The van der Waals surface area contributed by atoms with Gasteiger partial charge in [0.1, 0.15) is 0 Å². The minimum atomic E-state index is -0.764. The van der Waals surface area contributed by atoms with Crippen molar-refractivity contribution >= 4 is 10.9 Å². The summed E-state index contributed by atoms with van der Waals surface area (Å²) in [7, 11) is 0. The van der Waals surface area contributed by atoms with Crippen molar-refractivity contribution in [2.45, 2.75) is 56.3 Å². The van der Waals surface area contributed by atoms with E-state index in [1.807, 2.05) is 24.4 Å². The summed E-state index contributed by atoms with van der Waals surface area (Å²) in [5, 5.41) is 12.7. The molecule has 3 heteroatoms. The highest BCUT2D eigenvalue weighted by atomic mass is 16.3. The first-order valence-electron chi connectivity index (χ1n) is 10.1. The van der Waals surface area contributed by atoms with Crippen LogP contribution in [0.2, 0.25) is 0 Å². The van der Waals surface area contributed by atoms with Crippen molar-refractivity contribution in [3.63, 3.8) is 0 Å². The topological polar surface area (TPSA) is 36.4 Å². The van der Waals surface area contributed by atoms with Gasteiger partial charge in [0.25, 0.3) is 0 Å². The fourth-order valence-electron chi connectivity index (χ4n) is 5.13. The Morgan fingerprint density at radius 3 is 2.44 bits per heavy atom. The first-order valence-corrected chi connectivity index (χ1v) is 10.1. The second-order valence-corrected chi connectivity index (χ2v) is 8.25. The molecule has 3 nitrogen and oxygen atoms in total. The number of para-hydroxylation sites is 1. The maximum Gasteiger partial charge on any atom is 0.0941 e.